The lowest BCUT2D eigenvalue weighted by Crippen LogP contribution is -2.28. The molecule has 0 amide bonds. The summed E-state index contributed by atoms with van der Waals surface area (Å²) >= 11 is 0. The minimum Gasteiger partial charge on any atom is -0.481 e. The molecule has 0 radical (unpaired) electrons. The largest absolute Gasteiger partial charge is 0.481 e. The molecule has 0 aliphatic carbocycles. The number of carboxylic acid groups (broad SMARTS) is 1. The van der Waals surface area contributed by atoms with Crippen LogP contribution >= 0.6 is 0 Å². The number of anilines is 1. The number of carbonyl (C=O) groups is 1. The lowest BCUT2D eigenvalue weighted by molar-refractivity contribution is -0.136. The number of hydrogen-bond donors (Lipinski definition) is 1. The van der Waals surface area contributed by atoms with Crippen LogP contribution in [0.5, 0.6) is 0 Å². The molecule has 8 heteroatoms. The molecule has 0 bridgehead atoms. The maximum absolute atomic E-state index is 10.6. The highest BCUT2D eigenvalue weighted by molar-refractivity contribution is 5.67. The fraction of sp³-hybridized carbons (Fsp3) is 0.444. The number of rotatable bonds is 5. The van der Waals surface area contributed by atoms with Crippen molar-refractivity contribution in [1.29, 1.82) is 0 Å². The summed E-state index contributed by atoms with van der Waals surface area (Å²) in [5.74, 6) is -0.142. The van der Waals surface area contributed by atoms with Crippen molar-refractivity contribution in [3.8, 4) is 0 Å². The fourth-order valence-corrected chi connectivity index (χ4v) is 1.54. The molecule has 0 unspecified atom stereocenters. The quantitative estimate of drug-likeness (QED) is 0.769. The summed E-state index contributed by atoms with van der Waals surface area (Å²) in [6, 6.07) is 0. The number of tetrazole rings is 1. The van der Waals surface area contributed by atoms with E-state index in [9.17, 15) is 4.79 Å². The molecule has 0 saturated carbocycles. The maximum Gasteiger partial charge on any atom is 0.305 e. The maximum atomic E-state index is 10.6. The molecule has 0 fully saturated rings. The second kappa shape index (κ2) is 4.73. The smallest absolute Gasteiger partial charge is 0.305 e. The minimum atomic E-state index is -0.833. The van der Waals surface area contributed by atoms with Crippen molar-refractivity contribution in [3.05, 3.63) is 12.4 Å². The van der Waals surface area contributed by atoms with Crippen LogP contribution in [0.25, 0.3) is 5.65 Å². The molecular weight excluding hydrogens is 224 g/mol. The van der Waals surface area contributed by atoms with Gasteiger partial charge in [0.05, 0.1) is 18.8 Å². The number of hydrogen-bond acceptors (Lipinski definition) is 6. The van der Waals surface area contributed by atoms with E-state index in [4.69, 9.17) is 5.11 Å². The molecule has 2 aromatic heterocycles. The number of aromatic nitrogens is 5. The van der Waals surface area contributed by atoms with Crippen LogP contribution in [0.3, 0.4) is 0 Å². The van der Waals surface area contributed by atoms with Gasteiger partial charge in [-0.15, -0.1) is 5.10 Å². The van der Waals surface area contributed by atoms with Gasteiger partial charge in [-0.1, -0.05) is 0 Å². The van der Waals surface area contributed by atoms with Gasteiger partial charge in [0.1, 0.15) is 0 Å². The topological polar surface area (TPSA) is 96.5 Å². The van der Waals surface area contributed by atoms with E-state index in [1.807, 2.05) is 11.8 Å². The average molecular weight is 236 g/mol. The summed E-state index contributed by atoms with van der Waals surface area (Å²) in [6.45, 7) is 2.99. The molecular formula is C9H12N6O2. The Morgan fingerprint density at radius 2 is 2.35 bits per heavy atom. The normalized spacial score (nSPS) is 10.6. The zero-order chi connectivity index (χ0) is 12.3. The Morgan fingerprint density at radius 1 is 1.53 bits per heavy atom. The molecule has 2 rings (SSSR count). The molecule has 2 heterocycles. The van der Waals surface area contributed by atoms with Crippen molar-refractivity contribution in [2.24, 2.45) is 0 Å². The van der Waals surface area contributed by atoms with Gasteiger partial charge in [-0.05, 0) is 17.4 Å². The van der Waals surface area contributed by atoms with Crippen LogP contribution in [-0.4, -0.2) is 49.2 Å². The first-order valence-electron chi connectivity index (χ1n) is 5.21. The zero-order valence-corrected chi connectivity index (χ0v) is 9.31. The molecule has 17 heavy (non-hydrogen) atoms. The Balaban J connectivity index is 2.29. The molecule has 0 atom stereocenters. The van der Waals surface area contributed by atoms with E-state index in [2.05, 4.69) is 20.5 Å². The van der Waals surface area contributed by atoms with Gasteiger partial charge >= 0.3 is 5.97 Å². The number of nitrogens with zero attached hydrogens (tertiary/aromatic N) is 6. The van der Waals surface area contributed by atoms with Gasteiger partial charge in [0.2, 0.25) is 0 Å². The van der Waals surface area contributed by atoms with E-state index in [1.54, 1.807) is 16.9 Å². The summed E-state index contributed by atoms with van der Waals surface area (Å²) < 4.78 is 1.54. The van der Waals surface area contributed by atoms with Gasteiger partial charge in [-0.2, -0.15) is 4.52 Å². The van der Waals surface area contributed by atoms with Crippen molar-refractivity contribution >= 4 is 17.4 Å². The Morgan fingerprint density at radius 3 is 3.06 bits per heavy atom. The first kappa shape index (κ1) is 11.2. The highest BCUT2D eigenvalue weighted by atomic mass is 16.4. The third-order valence-corrected chi connectivity index (χ3v) is 2.39. The van der Waals surface area contributed by atoms with Crippen molar-refractivity contribution in [1.82, 2.24) is 25.0 Å². The molecule has 0 aliphatic rings. The second-order valence-corrected chi connectivity index (χ2v) is 3.44. The predicted octanol–water partition coefficient (Wildman–Crippen LogP) is -0.180. The van der Waals surface area contributed by atoms with Crippen LogP contribution in [0, 0.1) is 0 Å². The predicted molar refractivity (Wildman–Crippen MR) is 58.7 cm³/mol. The van der Waals surface area contributed by atoms with Crippen molar-refractivity contribution in [2.75, 3.05) is 18.0 Å². The lowest BCUT2D eigenvalue weighted by atomic mass is 10.3. The Hall–Kier alpha value is -2.25. The third-order valence-electron chi connectivity index (χ3n) is 2.39. The summed E-state index contributed by atoms with van der Waals surface area (Å²) in [5.41, 5.74) is 0.538. The van der Waals surface area contributed by atoms with Gasteiger partial charge < -0.3 is 10.0 Å². The lowest BCUT2D eigenvalue weighted by Gasteiger charge is -2.21. The van der Waals surface area contributed by atoms with Crippen LogP contribution in [0.15, 0.2) is 12.4 Å². The molecule has 0 aliphatic heterocycles. The highest BCUT2D eigenvalue weighted by Gasteiger charge is 2.12. The first-order chi connectivity index (χ1) is 8.22. The molecule has 8 nitrogen and oxygen atoms in total. The second-order valence-electron chi connectivity index (χ2n) is 3.44. The standard InChI is InChI=1S/C9H12N6O2/c1-2-14(4-3-9(16)17)8-6-10-5-7-11-12-13-15(7)8/h5-6H,2-4H2,1H3,(H,16,17). The molecule has 0 aromatic carbocycles. The van der Waals surface area contributed by atoms with Crippen LogP contribution in [0.2, 0.25) is 0 Å². The molecule has 0 spiro atoms. The molecule has 0 saturated heterocycles. The minimum absolute atomic E-state index is 0.0619. The van der Waals surface area contributed by atoms with Crippen molar-refractivity contribution < 1.29 is 9.90 Å². The van der Waals surface area contributed by atoms with E-state index in [-0.39, 0.29) is 6.42 Å². The van der Waals surface area contributed by atoms with E-state index >= 15 is 0 Å². The molecule has 90 valence electrons. The first-order valence-corrected chi connectivity index (χ1v) is 5.21. The third kappa shape index (κ3) is 2.30. The van der Waals surface area contributed by atoms with Crippen LogP contribution in [-0.2, 0) is 4.79 Å². The highest BCUT2D eigenvalue weighted by Crippen LogP contribution is 2.12. The van der Waals surface area contributed by atoms with E-state index in [1.165, 1.54) is 0 Å². The van der Waals surface area contributed by atoms with Gasteiger partial charge in [-0.3, -0.25) is 9.78 Å². The van der Waals surface area contributed by atoms with E-state index in [0.717, 1.165) is 0 Å². The molecule has 2 aromatic rings. The molecule has 1 N–H and O–H groups in total. The van der Waals surface area contributed by atoms with Crippen LogP contribution in [0.4, 0.5) is 5.82 Å². The monoisotopic (exact) mass is 236 g/mol. The SMILES string of the molecule is CCN(CCC(=O)O)c1cncc2nnnn12. The Bertz CT molecular complexity index is 525. The Labute approximate surface area is 96.9 Å². The van der Waals surface area contributed by atoms with Crippen molar-refractivity contribution in [3.63, 3.8) is 0 Å². The van der Waals surface area contributed by atoms with Crippen LogP contribution in [0.1, 0.15) is 13.3 Å². The van der Waals surface area contributed by atoms with Gasteiger partial charge in [-0.25, -0.2) is 0 Å². The van der Waals surface area contributed by atoms with Crippen molar-refractivity contribution in [2.45, 2.75) is 13.3 Å². The summed E-state index contributed by atoms with van der Waals surface area (Å²) in [5, 5.41) is 19.9. The van der Waals surface area contributed by atoms with E-state index < -0.39 is 5.97 Å². The van der Waals surface area contributed by atoms with Gasteiger partial charge in [0, 0.05) is 13.1 Å². The average Bonchev–Trinajstić information content (AvgIpc) is 2.78. The number of carboxylic acids is 1. The van der Waals surface area contributed by atoms with Gasteiger partial charge in [0.15, 0.2) is 11.5 Å². The zero-order valence-electron chi connectivity index (χ0n) is 9.31. The summed E-state index contributed by atoms with van der Waals surface area (Å²) in [6.07, 6.45) is 3.23. The summed E-state index contributed by atoms with van der Waals surface area (Å²) in [7, 11) is 0. The summed E-state index contributed by atoms with van der Waals surface area (Å²) in [4.78, 5) is 16.5. The number of aliphatic carboxylic acids is 1. The van der Waals surface area contributed by atoms with Gasteiger partial charge in [0.25, 0.3) is 0 Å². The van der Waals surface area contributed by atoms with Crippen LogP contribution < -0.4 is 4.90 Å². The van der Waals surface area contributed by atoms with E-state index in [0.29, 0.717) is 24.6 Å². The Kier molecular flexibility index (Phi) is 3.12. The fourth-order valence-electron chi connectivity index (χ4n) is 1.54. The number of fused-ring (bicyclic) bond motifs is 1.